The number of nitrogens with one attached hydrogen (secondary N) is 1. The highest BCUT2D eigenvalue weighted by atomic mass is 19.1. The lowest BCUT2D eigenvalue weighted by Crippen LogP contribution is -2.47. The summed E-state index contributed by atoms with van der Waals surface area (Å²) in [5.74, 6) is -0.0504. The predicted octanol–water partition coefficient (Wildman–Crippen LogP) is 3.16. The number of nitrogens with zero attached hydrogens (tertiary/aromatic N) is 1. The van der Waals surface area contributed by atoms with E-state index in [9.17, 15) is 4.39 Å². The summed E-state index contributed by atoms with van der Waals surface area (Å²) in [4.78, 5) is 2.65. The van der Waals surface area contributed by atoms with Crippen molar-refractivity contribution in [2.75, 3.05) is 7.05 Å². The summed E-state index contributed by atoms with van der Waals surface area (Å²) in [7, 11) is 2.08. The second kappa shape index (κ2) is 5.45. The first-order chi connectivity index (χ1) is 9.58. The lowest BCUT2D eigenvalue weighted by Gasteiger charge is -2.39. The molecule has 2 atom stereocenters. The average molecular weight is 276 g/mol. The number of benzene rings is 1. The van der Waals surface area contributed by atoms with Gasteiger partial charge in [-0.2, -0.15) is 0 Å². The van der Waals surface area contributed by atoms with E-state index in [1.165, 1.54) is 31.2 Å². The van der Waals surface area contributed by atoms with Crippen molar-refractivity contribution < 1.29 is 4.39 Å². The average Bonchev–Trinajstić information content (AvgIpc) is 2.66. The van der Waals surface area contributed by atoms with Crippen molar-refractivity contribution >= 4 is 0 Å². The molecule has 2 fully saturated rings. The Kier molecular flexibility index (Phi) is 3.83. The number of hydrogen-bond acceptors (Lipinski definition) is 2. The Morgan fingerprint density at radius 1 is 1.15 bits per heavy atom. The van der Waals surface area contributed by atoms with Gasteiger partial charge in [0.05, 0.1) is 0 Å². The zero-order valence-corrected chi connectivity index (χ0v) is 12.7. The van der Waals surface area contributed by atoms with Gasteiger partial charge in [-0.3, -0.25) is 4.90 Å². The van der Waals surface area contributed by atoms with Gasteiger partial charge < -0.3 is 5.32 Å². The molecule has 1 N–H and O–H groups in total. The second-order valence-electron chi connectivity index (χ2n) is 6.56. The third-order valence-corrected chi connectivity index (χ3v) is 5.15. The predicted molar refractivity (Wildman–Crippen MR) is 80.3 cm³/mol. The maximum absolute atomic E-state index is 13.7. The minimum atomic E-state index is -0.0504. The van der Waals surface area contributed by atoms with Gasteiger partial charge in [-0.1, -0.05) is 12.1 Å². The molecule has 2 heterocycles. The quantitative estimate of drug-likeness (QED) is 0.912. The molecule has 2 nitrogen and oxygen atoms in total. The molecule has 0 radical (unpaired) electrons. The molecule has 1 aromatic rings. The van der Waals surface area contributed by atoms with E-state index in [0.29, 0.717) is 18.1 Å². The third-order valence-electron chi connectivity index (χ3n) is 5.15. The Morgan fingerprint density at radius 3 is 2.20 bits per heavy atom. The molecule has 3 heteroatoms. The monoisotopic (exact) mass is 276 g/mol. The number of halogens is 1. The summed E-state index contributed by atoms with van der Waals surface area (Å²) < 4.78 is 13.7. The summed E-state index contributed by atoms with van der Waals surface area (Å²) in [5.41, 5.74) is 2.82. The van der Waals surface area contributed by atoms with Gasteiger partial charge in [0.15, 0.2) is 0 Å². The van der Waals surface area contributed by atoms with E-state index in [1.54, 1.807) is 0 Å². The van der Waals surface area contributed by atoms with Crippen molar-refractivity contribution in [1.82, 2.24) is 10.2 Å². The smallest absolute Gasteiger partial charge is 0.129 e. The molecule has 110 valence electrons. The SMILES string of the molecule is CNC1CC2CCC(C1)N2Cc1cc(C)c(F)c(C)c1. The standard InChI is InChI=1S/C17H25FN2/c1-11-6-13(7-12(2)17(11)18)10-20-15-4-5-16(20)9-14(8-15)19-3/h6-7,14-16,19H,4-5,8-10H2,1-3H3. The van der Waals surface area contributed by atoms with Gasteiger partial charge in [-0.05, 0) is 63.3 Å². The van der Waals surface area contributed by atoms with E-state index in [-0.39, 0.29) is 5.82 Å². The summed E-state index contributed by atoms with van der Waals surface area (Å²) in [5, 5.41) is 3.44. The van der Waals surface area contributed by atoms with Crippen LogP contribution in [0.25, 0.3) is 0 Å². The summed E-state index contributed by atoms with van der Waals surface area (Å²) >= 11 is 0. The first-order valence-corrected chi connectivity index (χ1v) is 7.77. The van der Waals surface area contributed by atoms with Crippen LogP contribution in [0.3, 0.4) is 0 Å². The molecule has 1 aromatic carbocycles. The number of fused-ring (bicyclic) bond motifs is 2. The fourth-order valence-corrected chi connectivity index (χ4v) is 4.11. The van der Waals surface area contributed by atoms with Crippen LogP contribution in [0.4, 0.5) is 4.39 Å². The maximum atomic E-state index is 13.7. The van der Waals surface area contributed by atoms with Gasteiger partial charge in [-0.25, -0.2) is 4.39 Å². The van der Waals surface area contributed by atoms with Crippen LogP contribution < -0.4 is 5.32 Å². The van der Waals surface area contributed by atoms with Crippen LogP contribution in [-0.4, -0.2) is 30.1 Å². The van der Waals surface area contributed by atoms with Crippen LogP contribution in [0.2, 0.25) is 0 Å². The first kappa shape index (κ1) is 14.0. The molecular formula is C17H25FN2. The van der Waals surface area contributed by atoms with E-state index in [4.69, 9.17) is 0 Å². The van der Waals surface area contributed by atoms with Crippen molar-refractivity contribution in [2.45, 2.75) is 64.2 Å². The van der Waals surface area contributed by atoms with Crippen LogP contribution in [0.1, 0.15) is 42.4 Å². The Balaban J connectivity index is 1.76. The molecular weight excluding hydrogens is 251 g/mol. The Hall–Kier alpha value is -0.930. The molecule has 0 spiro atoms. The highest BCUT2D eigenvalue weighted by Gasteiger charge is 2.39. The molecule has 3 rings (SSSR count). The minimum absolute atomic E-state index is 0.0504. The lowest BCUT2D eigenvalue weighted by molar-refractivity contribution is 0.111. The zero-order chi connectivity index (χ0) is 14.3. The third kappa shape index (κ3) is 2.49. The summed E-state index contributed by atoms with van der Waals surface area (Å²) in [6, 6.07) is 6.13. The van der Waals surface area contributed by atoms with E-state index < -0.39 is 0 Å². The molecule has 0 aliphatic carbocycles. The van der Waals surface area contributed by atoms with Crippen molar-refractivity contribution in [2.24, 2.45) is 0 Å². The van der Waals surface area contributed by atoms with Crippen molar-refractivity contribution in [1.29, 1.82) is 0 Å². The number of hydrogen-bond donors (Lipinski definition) is 1. The minimum Gasteiger partial charge on any atom is -0.317 e. The van der Waals surface area contributed by atoms with Gasteiger partial charge in [0.25, 0.3) is 0 Å². The molecule has 0 aromatic heterocycles. The van der Waals surface area contributed by atoms with Gasteiger partial charge in [0, 0.05) is 24.7 Å². The lowest BCUT2D eigenvalue weighted by atomic mass is 9.96. The van der Waals surface area contributed by atoms with Crippen LogP contribution in [0, 0.1) is 19.7 Å². The Bertz CT molecular complexity index is 463. The fraction of sp³-hybridized carbons (Fsp3) is 0.647. The number of rotatable bonds is 3. The van der Waals surface area contributed by atoms with Crippen molar-refractivity contribution in [3.8, 4) is 0 Å². The molecule has 2 aliphatic heterocycles. The molecule has 0 amide bonds. The van der Waals surface area contributed by atoms with Gasteiger partial charge in [-0.15, -0.1) is 0 Å². The maximum Gasteiger partial charge on any atom is 0.129 e. The summed E-state index contributed by atoms with van der Waals surface area (Å²) in [6.07, 6.45) is 5.16. The Morgan fingerprint density at radius 2 is 1.70 bits per heavy atom. The van der Waals surface area contributed by atoms with Crippen LogP contribution >= 0.6 is 0 Å². The molecule has 0 saturated carbocycles. The van der Waals surface area contributed by atoms with Crippen LogP contribution in [0.5, 0.6) is 0 Å². The van der Waals surface area contributed by atoms with Gasteiger partial charge in [0.2, 0.25) is 0 Å². The van der Waals surface area contributed by atoms with E-state index in [2.05, 4.69) is 17.3 Å². The van der Waals surface area contributed by atoms with Crippen LogP contribution in [-0.2, 0) is 6.54 Å². The topological polar surface area (TPSA) is 15.3 Å². The fourth-order valence-electron chi connectivity index (χ4n) is 4.11. The van der Waals surface area contributed by atoms with Gasteiger partial charge >= 0.3 is 0 Å². The molecule has 20 heavy (non-hydrogen) atoms. The second-order valence-corrected chi connectivity index (χ2v) is 6.56. The van der Waals surface area contributed by atoms with Crippen molar-refractivity contribution in [3.05, 3.63) is 34.6 Å². The Labute approximate surface area is 121 Å². The zero-order valence-electron chi connectivity index (χ0n) is 12.7. The van der Waals surface area contributed by atoms with E-state index >= 15 is 0 Å². The normalized spacial score (nSPS) is 29.9. The van der Waals surface area contributed by atoms with E-state index in [0.717, 1.165) is 17.7 Å². The molecule has 2 bridgehead atoms. The molecule has 2 aliphatic rings. The summed E-state index contributed by atoms with van der Waals surface area (Å²) in [6.45, 7) is 4.72. The van der Waals surface area contributed by atoms with Gasteiger partial charge in [0.1, 0.15) is 5.82 Å². The highest BCUT2D eigenvalue weighted by molar-refractivity contribution is 5.30. The number of aryl methyl sites for hydroxylation is 2. The number of piperidine rings is 1. The molecule has 2 unspecified atom stereocenters. The van der Waals surface area contributed by atoms with Crippen LogP contribution in [0.15, 0.2) is 12.1 Å². The largest absolute Gasteiger partial charge is 0.317 e. The first-order valence-electron chi connectivity index (χ1n) is 7.77. The molecule has 2 saturated heterocycles. The highest BCUT2D eigenvalue weighted by Crippen LogP contribution is 2.36. The van der Waals surface area contributed by atoms with Crippen molar-refractivity contribution in [3.63, 3.8) is 0 Å². The van der Waals surface area contributed by atoms with E-state index in [1.807, 2.05) is 26.0 Å².